The van der Waals surface area contributed by atoms with Gasteiger partial charge in [-0.25, -0.2) is 0 Å². The summed E-state index contributed by atoms with van der Waals surface area (Å²) < 4.78 is 10.7. The first-order chi connectivity index (χ1) is 9.13. The Morgan fingerprint density at radius 2 is 2.16 bits per heavy atom. The standard InChI is InChI=1S/C12H18N2O4S/c1-17-11-6-9(8-13)10(14(15)16)7-12(11)18-4-3-5-19-2/h6-7H,3-5,8,13H2,1-2H3. The number of methoxy groups -OCH3 is 1. The van der Waals surface area contributed by atoms with Crippen LogP contribution in [0.25, 0.3) is 0 Å². The molecule has 0 amide bonds. The van der Waals surface area contributed by atoms with E-state index < -0.39 is 4.92 Å². The molecule has 0 unspecified atom stereocenters. The highest BCUT2D eigenvalue weighted by molar-refractivity contribution is 7.98. The average Bonchev–Trinajstić information content (AvgIpc) is 2.42. The number of nitro benzene ring substituents is 1. The van der Waals surface area contributed by atoms with Crippen LogP contribution in [0.15, 0.2) is 12.1 Å². The smallest absolute Gasteiger partial charge is 0.277 e. The second kappa shape index (κ2) is 7.85. The summed E-state index contributed by atoms with van der Waals surface area (Å²) in [5, 5.41) is 11.0. The van der Waals surface area contributed by atoms with Gasteiger partial charge in [-0.2, -0.15) is 11.8 Å². The predicted molar refractivity (Wildman–Crippen MR) is 76.0 cm³/mol. The van der Waals surface area contributed by atoms with E-state index >= 15 is 0 Å². The minimum atomic E-state index is -0.462. The van der Waals surface area contributed by atoms with Crippen molar-refractivity contribution < 1.29 is 14.4 Å². The minimum absolute atomic E-state index is 0.0387. The Hall–Kier alpha value is -1.47. The quantitative estimate of drug-likeness (QED) is 0.448. The summed E-state index contributed by atoms with van der Waals surface area (Å²) >= 11 is 1.72. The van der Waals surface area contributed by atoms with Crippen molar-refractivity contribution in [2.24, 2.45) is 5.73 Å². The molecule has 1 aromatic rings. The van der Waals surface area contributed by atoms with E-state index in [1.54, 1.807) is 17.8 Å². The van der Waals surface area contributed by atoms with E-state index in [1.165, 1.54) is 13.2 Å². The zero-order chi connectivity index (χ0) is 14.3. The molecule has 0 spiro atoms. The van der Waals surface area contributed by atoms with Crippen molar-refractivity contribution in [2.75, 3.05) is 25.7 Å². The molecule has 7 heteroatoms. The molecule has 0 aliphatic rings. The van der Waals surface area contributed by atoms with Crippen molar-refractivity contribution in [3.8, 4) is 11.5 Å². The molecule has 0 aliphatic heterocycles. The van der Waals surface area contributed by atoms with E-state index in [0.717, 1.165) is 12.2 Å². The second-order valence-corrected chi connectivity index (χ2v) is 4.77. The molecule has 0 bridgehead atoms. The number of ether oxygens (including phenoxy) is 2. The zero-order valence-corrected chi connectivity index (χ0v) is 11.9. The Morgan fingerprint density at radius 1 is 1.42 bits per heavy atom. The fourth-order valence-electron chi connectivity index (χ4n) is 1.58. The monoisotopic (exact) mass is 286 g/mol. The van der Waals surface area contributed by atoms with Crippen LogP contribution >= 0.6 is 11.8 Å². The van der Waals surface area contributed by atoms with Crippen LogP contribution in [-0.2, 0) is 6.54 Å². The van der Waals surface area contributed by atoms with Gasteiger partial charge in [0.1, 0.15) is 0 Å². The number of nitrogens with zero attached hydrogens (tertiary/aromatic N) is 1. The highest BCUT2D eigenvalue weighted by Crippen LogP contribution is 2.34. The first-order valence-corrected chi connectivity index (χ1v) is 7.20. The molecule has 0 saturated carbocycles. The number of hydrogen-bond donors (Lipinski definition) is 1. The first-order valence-electron chi connectivity index (χ1n) is 5.81. The summed E-state index contributed by atoms with van der Waals surface area (Å²) in [4.78, 5) is 10.5. The van der Waals surface area contributed by atoms with Gasteiger partial charge in [-0.3, -0.25) is 10.1 Å². The maximum Gasteiger partial charge on any atom is 0.277 e. The van der Waals surface area contributed by atoms with Crippen LogP contribution in [0, 0.1) is 10.1 Å². The van der Waals surface area contributed by atoms with E-state index in [0.29, 0.717) is 23.7 Å². The van der Waals surface area contributed by atoms with Crippen LogP contribution in [0.2, 0.25) is 0 Å². The molecule has 0 fully saturated rings. The lowest BCUT2D eigenvalue weighted by atomic mass is 10.1. The molecular weight excluding hydrogens is 268 g/mol. The lowest BCUT2D eigenvalue weighted by Gasteiger charge is -2.12. The molecule has 6 nitrogen and oxygen atoms in total. The van der Waals surface area contributed by atoms with E-state index in [2.05, 4.69) is 0 Å². The second-order valence-electron chi connectivity index (χ2n) is 3.79. The number of nitrogens with two attached hydrogens (primary N) is 1. The third-order valence-corrected chi connectivity index (χ3v) is 3.23. The van der Waals surface area contributed by atoms with E-state index in [9.17, 15) is 10.1 Å². The van der Waals surface area contributed by atoms with Gasteiger partial charge in [0.2, 0.25) is 0 Å². The van der Waals surface area contributed by atoms with Gasteiger partial charge in [0.05, 0.1) is 24.7 Å². The third kappa shape index (κ3) is 4.29. The van der Waals surface area contributed by atoms with Crippen molar-refractivity contribution in [3.63, 3.8) is 0 Å². The maximum atomic E-state index is 11.0. The molecule has 2 N–H and O–H groups in total. The summed E-state index contributed by atoms with van der Waals surface area (Å²) in [6, 6.07) is 2.93. The topological polar surface area (TPSA) is 87.6 Å². The molecule has 0 aromatic heterocycles. The molecule has 1 aromatic carbocycles. The summed E-state index contributed by atoms with van der Waals surface area (Å²) in [5.74, 6) is 1.83. The van der Waals surface area contributed by atoms with Crippen LogP contribution in [-0.4, -0.2) is 30.6 Å². The third-order valence-electron chi connectivity index (χ3n) is 2.53. The van der Waals surface area contributed by atoms with Gasteiger partial charge >= 0.3 is 0 Å². The summed E-state index contributed by atoms with van der Waals surface area (Å²) in [5.41, 5.74) is 5.89. The molecule has 0 heterocycles. The lowest BCUT2D eigenvalue weighted by molar-refractivity contribution is -0.385. The van der Waals surface area contributed by atoms with Crippen LogP contribution < -0.4 is 15.2 Å². The van der Waals surface area contributed by atoms with Crippen molar-refractivity contribution in [1.29, 1.82) is 0 Å². The molecule has 106 valence electrons. The van der Waals surface area contributed by atoms with Gasteiger partial charge in [0.15, 0.2) is 11.5 Å². The van der Waals surface area contributed by atoms with Gasteiger partial charge in [0.25, 0.3) is 5.69 Å². The van der Waals surface area contributed by atoms with Gasteiger partial charge in [-0.05, 0) is 24.5 Å². The van der Waals surface area contributed by atoms with Crippen LogP contribution in [0.4, 0.5) is 5.69 Å². The van der Waals surface area contributed by atoms with Crippen molar-refractivity contribution in [3.05, 3.63) is 27.8 Å². The van der Waals surface area contributed by atoms with Gasteiger partial charge in [-0.1, -0.05) is 0 Å². The Balaban J connectivity index is 2.94. The molecule has 19 heavy (non-hydrogen) atoms. The average molecular weight is 286 g/mol. The Bertz CT molecular complexity index is 440. The van der Waals surface area contributed by atoms with E-state index in [1.807, 2.05) is 6.26 Å². The van der Waals surface area contributed by atoms with E-state index in [-0.39, 0.29) is 12.2 Å². The summed E-state index contributed by atoms with van der Waals surface area (Å²) in [7, 11) is 1.50. The minimum Gasteiger partial charge on any atom is -0.493 e. The normalized spacial score (nSPS) is 10.3. The Labute approximate surface area is 116 Å². The number of benzene rings is 1. The molecular formula is C12H18N2O4S. The predicted octanol–water partition coefficient (Wildman–Crippen LogP) is 2.19. The summed E-state index contributed by atoms with van der Waals surface area (Å²) in [6.45, 7) is 0.579. The molecule has 1 rings (SSSR count). The molecule has 0 saturated heterocycles. The highest BCUT2D eigenvalue weighted by Gasteiger charge is 2.18. The SMILES string of the molecule is COc1cc(CN)c([N+](=O)[O-])cc1OCCCSC. The first kappa shape index (κ1) is 15.6. The van der Waals surface area contributed by atoms with Crippen LogP contribution in [0.5, 0.6) is 11.5 Å². The van der Waals surface area contributed by atoms with Crippen molar-refractivity contribution in [1.82, 2.24) is 0 Å². The summed E-state index contributed by atoms with van der Waals surface area (Å²) in [6.07, 6.45) is 2.89. The highest BCUT2D eigenvalue weighted by atomic mass is 32.2. The number of hydrogen-bond acceptors (Lipinski definition) is 6. The lowest BCUT2D eigenvalue weighted by Crippen LogP contribution is -2.05. The van der Waals surface area contributed by atoms with Gasteiger partial charge in [-0.15, -0.1) is 0 Å². The largest absolute Gasteiger partial charge is 0.493 e. The van der Waals surface area contributed by atoms with Gasteiger partial charge in [0, 0.05) is 12.1 Å². The number of thioether (sulfide) groups is 1. The fraction of sp³-hybridized carbons (Fsp3) is 0.500. The molecule has 0 radical (unpaired) electrons. The molecule has 0 aliphatic carbocycles. The van der Waals surface area contributed by atoms with Crippen LogP contribution in [0.3, 0.4) is 0 Å². The van der Waals surface area contributed by atoms with Gasteiger partial charge < -0.3 is 15.2 Å². The fourth-order valence-corrected chi connectivity index (χ4v) is 1.99. The zero-order valence-electron chi connectivity index (χ0n) is 11.0. The molecule has 0 atom stereocenters. The Morgan fingerprint density at radius 3 is 2.68 bits per heavy atom. The maximum absolute atomic E-state index is 11.0. The van der Waals surface area contributed by atoms with Crippen molar-refractivity contribution >= 4 is 17.4 Å². The Kier molecular flexibility index (Phi) is 6.44. The number of rotatable bonds is 8. The van der Waals surface area contributed by atoms with E-state index in [4.69, 9.17) is 15.2 Å². The number of nitro groups is 1. The van der Waals surface area contributed by atoms with Crippen molar-refractivity contribution in [2.45, 2.75) is 13.0 Å². The van der Waals surface area contributed by atoms with Crippen LogP contribution in [0.1, 0.15) is 12.0 Å².